The minimum Gasteiger partial charge on any atom is -0.350 e. The maximum absolute atomic E-state index is 13.2. The lowest BCUT2D eigenvalue weighted by Gasteiger charge is -2.27. The number of nitrogens with one attached hydrogen (secondary N) is 1. The minimum atomic E-state index is -4.65. The lowest BCUT2D eigenvalue weighted by Crippen LogP contribution is -2.47. The molecule has 1 N–H and O–H groups in total. The van der Waals surface area contributed by atoms with Crippen LogP contribution < -0.4 is 9.62 Å². The van der Waals surface area contributed by atoms with Gasteiger partial charge in [0, 0.05) is 5.54 Å². The summed E-state index contributed by atoms with van der Waals surface area (Å²) in [4.78, 5) is 12.3. The van der Waals surface area contributed by atoms with Crippen molar-refractivity contribution in [1.82, 2.24) is 5.32 Å². The van der Waals surface area contributed by atoms with Crippen LogP contribution in [-0.4, -0.2) is 26.4 Å². The third-order valence-corrected chi connectivity index (χ3v) is 5.66. The summed E-state index contributed by atoms with van der Waals surface area (Å²) in [6.07, 6.45) is -4.65. The van der Waals surface area contributed by atoms with Gasteiger partial charge in [0.15, 0.2) is 0 Å². The molecule has 2 aromatic rings. The smallest absolute Gasteiger partial charge is 0.350 e. The number of alkyl halides is 3. The van der Waals surface area contributed by atoms with Gasteiger partial charge in [0.1, 0.15) is 6.54 Å². The van der Waals surface area contributed by atoms with E-state index in [2.05, 4.69) is 5.32 Å². The third-order valence-electron chi connectivity index (χ3n) is 3.87. The molecule has 158 valence electrons. The molecule has 1 amide bonds. The van der Waals surface area contributed by atoms with Crippen LogP contribution in [0.3, 0.4) is 0 Å². The van der Waals surface area contributed by atoms with Crippen LogP contribution in [0.1, 0.15) is 31.9 Å². The molecule has 9 heteroatoms. The fraction of sp³-hybridized carbons (Fsp3) is 0.350. The van der Waals surface area contributed by atoms with E-state index in [1.807, 2.05) is 0 Å². The molecular formula is C20H23F3N2O3S. The summed E-state index contributed by atoms with van der Waals surface area (Å²) >= 11 is 0. The number of benzene rings is 2. The van der Waals surface area contributed by atoms with Crippen molar-refractivity contribution in [3.8, 4) is 0 Å². The largest absolute Gasteiger partial charge is 0.416 e. The fourth-order valence-corrected chi connectivity index (χ4v) is 3.99. The number of hydrogen-bond acceptors (Lipinski definition) is 3. The van der Waals surface area contributed by atoms with Gasteiger partial charge in [0.05, 0.1) is 16.1 Å². The number of aryl methyl sites for hydroxylation is 1. The summed E-state index contributed by atoms with van der Waals surface area (Å²) in [5, 5.41) is 2.63. The van der Waals surface area contributed by atoms with Crippen molar-refractivity contribution in [2.24, 2.45) is 0 Å². The highest BCUT2D eigenvalue weighted by Gasteiger charge is 2.33. The number of nitrogens with zero attached hydrogens (tertiary/aromatic N) is 1. The quantitative estimate of drug-likeness (QED) is 0.779. The Bertz CT molecular complexity index is 979. The van der Waals surface area contributed by atoms with Crippen LogP contribution in [0, 0.1) is 6.92 Å². The normalized spacial score (nSPS) is 12.5. The van der Waals surface area contributed by atoms with Gasteiger partial charge in [-0.3, -0.25) is 9.10 Å². The van der Waals surface area contributed by atoms with E-state index in [4.69, 9.17) is 0 Å². The van der Waals surface area contributed by atoms with E-state index >= 15 is 0 Å². The van der Waals surface area contributed by atoms with Gasteiger partial charge in [-0.05, 0) is 58.0 Å². The Kier molecular flexibility index (Phi) is 6.32. The lowest BCUT2D eigenvalue weighted by molar-refractivity contribution is -0.137. The average molecular weight is 428 g/mol. The molecule has 0 aliphatic rings. The molecule has 0 radical (unpaired) electrons. The van der Waals surface area contributed by atoms with Crippen LogP contribution in [0.2, 0.25) is 0 Å². The van der Waals surface area contributed by atoms with Crippen molar-refractivity contribution < 1.29 is 26.4 Å². The van der Waals surface area contributed by atoms with Gasteiger partial charge in [-0.25, -0.2) is 8.42 Å². The topological polar surface area (TPSA) is 66.5 Å². The molecule has 0 heterocycles. The number of sulfonamides is 1. The van der Waals surface area contributed by atoms with Crippen molar-refractivity contribution in [3.05, 3.63) is 59.7 Å². The van der Waals surface area contributed by atoms with Crippen molar-refractivity contribution in [2.45, 2.75) is 44.3 Å². The molecule has 29 heavy (non-hydrogen) atoms. The third kappa shape index (κ3) is 5.96. The van der Waals surface area contributed by atoms with Crippen LogP contribution in [0.5, 0.6) is 0 Å². The van der Waals surface area contributed by atoms with E-state index in [1.54, 1.807) is 39.8 Å². The maximum Gasteiger partial charge on any atom is 0.416 e. The second kappa shape index (κ2) is 8.06. The van der Waals surface area contributed by atoms with E-state index < -0.39 is 39.8 Å². The summed E-state index contributed by atoms with van der Waals surface area (Å²) in [5.41, 5.74) is -1.07. The number of carbonyl (C=O) groups is 1. The molecule has 0 bridgehead atoms. The number of halogens is 3. The second-order valence-corrected chi connectivity index (χ2v) is 9.53. The molecule has 2 rings (SSSR count). The molecule has 0 aliphatic carbocycles. The lowest BCUT2D eigenvalue weighted by atomic mass is 10.1. The summed E-state index contributed by atoms with van der Waals surface area (Å²) in [5.74, 6) is -0.634. The molecule has 0 unspecified atom stereocenters. The van der Waals surface area contributed by atoms with Crippen LogP contribution in [0.25, 0.3) is 0 Å². The molecule has 2 aromatic carbocycles. The molecule has 0 aliphatic heterocycles. The Morgan fingerprint density at radius 3 is 2.14 bits per heavy atom. The van der Waals surface area contributed by atoms with Crippen molar-refractivity contribution in [1.29, 1.82) is 0 Å². The molecule has 0 saturated heterocycles. The Hall–Kier alpha value is -2.55. The zero-order chi connectivity index (χ0) is 22.0. The van der Waals surface area contributed by atoms with Gasteiger partial charge in [-0.2, -0.15) is 13.2 Å². The highest BCUT2D eigenvalue weighted by molar-refractivity contribution is 7.92. The highest BCUT2D eigenvalue weighted by Crippen LogP contribution is 2.33. The summed E-state index contributed by atoms with van der Waals surface area (Å²) < 4.78 is 66.4. The monoisotopic (exact) mass is 428 g/mol. The van der Waals surface area contributed by atoms with Crippen LogP contribution in [0.4, 0.5) is 18.9 Å². The number of hydrogen-bond donors (Lipinski definition) is 1. The Morgan fingerprint density at radius 1 is 1.03 bits per heavy atom. The molecular weight excluding hydrogens is 405 g/mol. The number of rotatable bonds is 5. The second-order valence-electron chi connectivity index (χ2n) is 7.67. The van der Waals surface area contributed by atoms with Crippen molar-refractivity contribution in [2.75, 3.05) is 10.8 Å². The van der Waals surface area contributed by atoms with Gasteiger partial charge in [-0.15, -0.1) is 0 Å². The first kappa shape index (κ1) is 22.7. The van der Waals surface area contributed by atoms with Gasteiger partial charge < -0.3 is 5.32 Å². The maximum atomic E-state index is 13.2. The van der Waals surface area contributed by atoms with Gasteiger partial charge in [0.25, 0.3) is 10.0 Å². The predicted octanol–water partition coefficient (Wildman–Crippen LogP) is 4.12. The van der Waals surface area contributed by atoms with Crippen LogP contribution in [-0.2, 0) is 21.0 Å². The van der Waals surface area contributed by atoms with Crippen LogP contribution in [0.15, 0.2) is 53.4 Å². The van der Waals surface area contributed by atoms with E-state index in [0.717, 1.165) is 23.8 Å². The van der Waals surface area contributed by atoms with Crippen molar-refractivity contribution >= 4 is 21.6 Å². The van der Waals surface area contributed by atoms with Gasteiger partial charge in [0.2, 0.25) is 5.91 Å². The molecule has 0 saturated carbocycles. The fourth-order valence-electron chi connectivity index (χ4n) is 2.58. The summed E-state index contributed by atoms with van der Waals surface area (Å²) in [6, 6.07) is 9.76. The van der Waals surface area contributed by atoms with E-state index in [0.29, 0.717) is 4.31 Å². The SMILES string of the molecule is Cc1ccc(S(=O)(=O)N(CC(=O)NC(C)(C)C)c2cccc(C(F)(F)F)c2)cc1. The van der Waals surface area contributed by atoms with Gasteiger partial charge in [-0.1, -0.05) is 23.8 Å². The molecule has 0 atom stereocenters. The minimum absolute atomic E-state index is 0.121. The number of amides is 1. The summed E-state index contributed by atoms with van der Waals surface area (Å²) in [6.45, 7) is 6.27. The predicted molar refractivity (Wildman–Crippen MR) is 105 cm³/mol. The zero-order valence-electron chi connectivity index (χ0n) is 16.5. The first-order chi connectivity index (χ1) is 13.2. The highest BCUT2D eigenvalue weighted by atomic mass is 32.2. The number of anilines is 1. The van der Waals surface area contributed by atoms with E-state index in [9.17, 15) is 26.4 Å². The number of carbonyl (C=O) groups excluding carboxylic acids is 1. The van der Waals surface area contributed by atoms with Crippen molar-refractivity contribution in [3.63, 3.8) is 0 Å². The Morgan fingerprint density at radius 2 is 1.62 bits per heavy atom. The zero-order valence-corrected chi connectivity index (χ0v) is 17.4. The molecule has 5 nitrogen and oxygen atoms in total. The standard InChI is InChI=1S/C20H23F3N2O3S/c1-14-8-10-17(11-9-14)29(27,28)25(13-18(26)24-19(2,3)4)16-7-5-6-15(12-16)20(21,22)23/h5-12H,13H2,1-4H3,(H,24,26). The molecule has 0 fully saturated rings. The summed E-state index contributed by atoms with van der Waals surface area (Å²) in [7, 11) is -4.28. The van der Waals surface area contributed by atoms with Crippen LogP contribution >= 0.6 is 0 Å². The Labute approximate surface area is 168 Å². The van der Waals surface area contributed by atoms with Gasteiger partial charge >= 0.3 is 6.18 Å². The average Bonchev–Trinajstić information content (AvgIpc) is 2.58. The molecule has 0 aromatic heterocycles. The van der Waals surface area contributed by atoms with E-state index in [-0.39, 0.29) is 10.6 Å². The first-order valence-electron chi connectivity index (χ1n) is 8.78. The first-order valence-corrected chi connectivity index (χ1v) is 10.2. The molecule has 0 spiro atoms. The van der Waals surface area contributed by atoms with E-state index in [1.165, 1.54) is 18.2 Å². The Balaban J connectivity index is 2.54.